The molecule has 6 heteroatoms. The van der Waals surface area contributed by atoms with Gasteiger partial charge in [-0.05, 0) is 50.6 Å². The van der Waals surface area contributed by atoms with Gasteiger partial charge in [-0.25, -0.2) is 14.0 Å². The van der Waals surface area contributed by atoms with Gasteiger partial charge in [0.15, 0.2) is 18.2 Å². The molecule has 2 rings (SSSR count). The molecule has 0 aliphatic carbocycles. The van der Waals surface area contributed by atoms with E-state index < -0.39 is 30.0 Å². The molecule has 0 aliphatic heterocycles. The van der Waals surface area contributed by atoms with Gasteiger partial charge in [0, 0.05) is 0 Å². The van der Waals surface area contributed by atoms with Gasteiger partial charge < -0.3 is 14.2 Å². The van der Waals surface area contributed by atoms with Gasteiger partial charge in [-0.2, -0.15) is 0 Å². The summed E-state index contributed by atoms with van der Waals surface area (Å²) in [6.07, 6.45) is 0.659. The van der Waals surface area contributed by atoms with Gasteiger partial charge in [0.2, 0.25) is 0 Å². The fourth-order valence-corrected chi connectivity index (χ4v) is 1.94. The van der Waals surface area contributed by atoms with Crippen molar-refractivity contribution in [1.82, 2.24) is 0 Å². The molecule has 0 unspecified atom stereocenters. The first-order valence-corrected chi connectivity index (χ1v) is 8.22. The monoisotopic (exact) mass is 360 g/mol. The van der Waals surface area contributed by atoms with Gasteiger partial charge in [-0.3, -0.25) is 0 Å². The predicted molar refractivity (Wildman–Crippen MR) is 93.8 cm³/mol. The van der Waals surface area contributed by atoms with Crippen molar-refractivity contribution in [3.8, 4) is 11.5 Å². The van der Waals surface area contributed by atoms with Crippen LogP contribution in [-0.4, -0.2) is 24.1 Å². The van der Waals surface area contributed by atoms with Crippen molar-refractivity contribution >= 4 is 11.9 Å². The summed E-state index contributed by atoms with van der Waals surface area (Å²) in [5.74, 6) is -1.75. The number of esters is 2. The minimum Gasteiger partial charge on any atom is -0.485 e. The predicted octanol–water partition coefficient (Wildman–Crippen LogP) is 4.16. The SMILES string of the molecule is CCC(C)(C)Oc1cc(C(=O)OCC(=O)Oc2ccccc2)ccc1F. The van der Waals surface area contributed by atoms with Gasteiger partial charge in [0.1, 0.15) is 11.4 Å². The average molecular weight is 360 g/mol. The van der Waals surface area contributed by atoms with Crippen LogP contribution in [0.3, 0.4) is 0 Å². The Balaban J connectivity index is 1.97. The smallest absolute Gasteiger partial charge is 0.349 e. The first-order chi connectivity index (χ1) is 12.3. The summed E-state index contributed by atoms with van der Waals surface area (Å²) in [5.41, 5.74) is -0.496. The van der Waals surface area contributed by atoms with E-state index in [4.69, 9.17) is 14.2 Å². The van der Waals surface area contributed by atoms with E-state index in [1.165, 1.54) is 12.1 Å². The summed E-state index contributed by atoms with van der Waals surface area (Å²) in [4.78, 5) is 23.8. The lowest BCUT2D eigenvalue weighted by Gasteiger charge is -2.25. The van der Waals surface area contributed by atoms with Crippen LogP contribution in [-0.2, 0) is 9.53 Å². The molecular formula is C20H21FO5. The quantitative estimate of drug-likeness (QED) is 0.548. The summed E-state index contributed by atoms with van der Waals surface area (Å²) in [6.45, 7) is 4.99. The molecule has 5 nitrogen and oxygen atoms in total. The van der Waals surface area contributed by atoms with Crippen LogP contribution in [0.4, 0.5) is 4.39 Å². The van der Waals surface area contributed by atoms with Crippen LogP contribution in [0.25, 0.3) is 0 Å². The van der Waals surface area contributed by atoms with E-state index in [1.54, 1.807) is 30.3 Å². The van der Waals surface area contributed by atoms with Gasteiger partial charge >= 0.3 is 11.9 Å². The molecule has 0 heterocycles. The Morgan fingerprint density at radius 1 is 1.08 bits per heavy atom. The number of halogens is 1. The molecule has 0 saturated heterocycles. The number of hydrogen-bond acceptors (Lipinski definition) is 5. The Hall–Kier alpha value is -2.89. The average Bonchev–Trinajstić information content (AvgIpc) is 2.62. The molecule has 0 fully saturated rings. The molecule has 0 atom stereocenters. The Bertz CT molecular complexity index is 771. The first kappa shape index (κ1) is 19.4. The van der Waals surface area contributed by atoms with Crippen molar-refractivity contribution in [1.29, 1.82) is 0 Å². The van der Waals surface area contributed by atoms with Gasteiger partial charge in [-0.15, -0.1) is 0 Å². The Kier molecular flexibility index (Phi) is 6.33. The second-order valence-electron chi connectivity index (χ2n) is 6.22. The molecule has 2 aromatic rings. The zero-order valence-corrected chi connectivity index (χ0v) is 15.0. The highest BCUT2D eigenvalue weighted by molar-refractivity contribution is 5.91. The molecule has 0 radical (unpaired) electrons. The Morgan fingerprint density at radius 3 is 2.42 bits per heavy atom. The second-order valence-corrected chi connectivity index (χ2v) is 6.22. The van der Waals surface area contributed by atoms with Gasteiger partial charge in [0.05, 0.1) is 5.56 Å². The standard InChI is InChI=1S/C20H21FO5/c1-4-20(2,3)26-17-12-14(10-11-16(17)21)19(23)24-13-18(22)25-15-8-6-5-7-9-15/h5-12H,4,13H2,1-3H3. The molecule has 0 spiro atoms. The van der Waals surface area contributed by atoms with Crippen LogP contribution in [0.2, 0.25) is 0 Å². The maximum atomic E-state index is 13.9. The lowest BCUT2D eigenvalue weighted by atomic mass is 10.1. The van der Waals surface area contributed by atoms with Crippen molar-refractivity contribution in [3.63, 3.8) is 0 Å². The van der Waals surface area contributed by atoms with Crippen LogP contribution in [0.15, 0.2) is 48.5 Å². The highest BCUT2D eigenvalue weighted by Crippen LogP contribution is 2.25. The number of benzene rings is 2. The first-order valence-electron chi connectivity index (χ1n) is 8.22. The third-order valence-electron chi connectivity index (χ3n) is 3.70. The van der Waals surface area contributed by atoms with Crippen molar-refractivity contribution < 1.29 is 28.2 Å². The lowest BCUT2D eigenvalue weighted by molar-refractivity contribution is -0.137. The highest BCUT2D eigenvalue weighted by Gasteiger charge is 2.21. The molecule has 0 saturated carbocycles. The van der Waals surface area contributed by atoms with E-state index in [0.717, 1.165) is 6.07 Å². The maximum absolute atomic E-state index is 13.9. The number of carbonyl (C=O) groups excluding carboxylic acids is 2. The summed E-state index contributed by atoms with van der Waals surface area (Å²) in [5, 5.41) is 0. The number of rotatable bonds is 7. The van der Waals surface area contributed by atoms with Crippen LogP contribution in [0.1, 0.15) is 37.6 Å². The van der Waals surface area contributed by atoms with E-state index in [2.05, 4.69) is 0 Å². The molecule has 138 valence electrons. The fourth-order valence-electron chi connectivity index (χ4n) is 1.94. The number of hydrogen-bond donors (Lipinski definition) is 0. The molecule has 0 aliphatic rings. The van der Waals surface area contributed by atoms with Gasteiger partial charge in [0.25, 0.3) is 0 Å². The van der Waals surface area contributed by atoms with Crippen molar-refractivity contribution in [2.24, 2.45) is 0 Å². The summed E-state index contributed by atoms with van der Waals surface area (Å²) < 4.78 is 29.5. The minimum atomic E-state index is -0.769. The molecule has 0 bridgehead atoms. The second kappa shape index (κ2) is 8.47. The van der Waals surface area contributed by atoms with E-state index in [9.17, 15) is 14.0 Å². The molecule has 0 aromatic heterocycles. The number of carbonyl (C=O) groups is 2. The summed E-state index contributed by atoms with van der Waals surface area (Å²) in [6, 6.07) is 12.1. The number of para-hydroxylation sites is 1. The van der Waals surface area contributed by atoms with Crippen molar-refractivity contribution in [3.05, 3.63) is 59.9 Å². The van der Waals surface area contributed by atoms with E-state index in [1.807, 2.05) is 20.8 Å². The maximum Gasteiger partial charge on any atom is 0.349 e. The molecular weight excluding hydrogens is 339 g/mol. The summed E-state index contributed by atoms with van der Waals surface area (Å²) >= 11 is 0. The van der Waals surface area contributed by atoms with Crippen molar-refractivity contribution in [2.75, 3.05) is 6.61 Å². The van der Waals surface area contributed by atoms with E-state index in [-0.39, 0.29) is 11.3 Å². The topological polar surface area (TPSA) is 61.8 Å². The highest BCUT2D eigenvalue weighted by atomic mass is 19.1. The summed E-state index contributed by atoms with van der Waals surface area (Å²) in [7, 11) is 0. The molecule has 0 N–H and O–H groups in total. The molecule has 0 amide bonds. The van der Waals surface area contributed by atoms with E-state index >= 15 is 0 Å². The zero-order valence-electron chi connectivity index (χ0n) is 15.0. The number of ether oxygens (including phenoxy) is 3. The third-order valence-corrected chi connectivity index (χ3v) is 3.70. The van der Waals surface area contributed by atoms with Crippen LogP contribution >= 0.6 is 0 Å². The molecule has 26 heavy (non-hydrogen) atoms. The Labute approximate surface area is 151 Å². The van der Waals surface area contributed by atoms with E-state index in [0.29, 0.717) is 12.2 Å². The third kappa shape index (κ3) is 5.58. The van der Waals surface area contributed by atoms with Crippen LogP contribution in [0.5, 0.6) is 11.5 Å². The minimum absolute atomic E-state index is 0.0434. The fraction of sp³-hybridized carbons (Fsp3) is 0.300. The van der Waals surface area contributed by atoms with Crippen LogP contribution in [0, 0.1) is 5.82 Å². The lowest BCUT2D eigenvalue weighted by Crippen LogP contribution is -2.27. The van der Waals surface area contributed by atoms with Crippen LogP contribution < -0.4 is 9.47 Å². The normalized spacial score (nSPS) is 10.9. The largest absolute Gasteiger partial charge is 0.485 e. The van der Waals surface area contributed by atoms with Crippen molar-refractivity contribution in [2.45, 2.75) is 32.8 Å². The van der Waals surface area contributed by atoms with Gasteiger partial charge in [-0.1, -0.05) is 25.1 Å². The Morgan fingerprint density at radius 2 is 1.77 bits per heavy atom. The molecule has 2 aromatic carbocycles. The zero-order chi connectivity index (χ0) is 19.2.